The van der Waals surface area contributed by atoms with Crippen molar-refractivity contribution >= 4 is 23.0 Å². The third-order valence-electron chi connectivity index (χ3n) is 2.32. The van der Waals surface area contributed by atoms with E-state index in [1.54, 1.807) is 6.26 Å². The van der Waals surface area contributed by atoms with Gasteiger partial charge in [-0.3, -0.25) is 9.31 Å². The first-order valence-electron chi connectivity index (χ1n) is 5.02. The summed E-state index contributed by atoms with van der Waals surface area (Å²) in [5.41, 5.74) is 0. The summed E-state index contributed by atoms with van der Waals surface area (Å²) < 4.78 is 13.9. The molecule has 1 aromatic heterocycles. The highest BCUT2D eigenvalue weighted by molar-refractivity contribution is 7.84. The molecule has 1 N–H and O–H groups in total. The lowest BCUT2D eigenvalue weighted by Gasteiger charge is -2.10. The van der Waals surface area contributed by atoms with E-state index in [-0.39, 0.29) is 5.25 Å². The zero-order valence-corrected chi connectivity index (χ0v) is 11.0. The van der Waals surface area contributed by atoms with Gasteiger partial charge in [0.1, 0.15) is 5.82 Å². The minimum absolute atomic E-state index is 0.102. The Labute approximate surface area is 97.5 Å². The molecule has 1 rings (SSSR count). The monoisotopic (exact) mass is 247 g/mol. The molecule has 0 spiro atoms. The first-order valence-corrected chi connectivity index (χ1v) is 7.05. The summed E-state index contributed by atoms with van der Waals surface area (Å²) in [7, 11) is -0.824. The summed E-state index contributed by atoms with van der Waals surface area (Å²) in [5.74, 6) is 0.958. The van der Waals surface area contributed by atoms with Crippen molar-refractivity contribution in [2.75, 3.05) is 6.26 Å². The van der Waals surface area contributed by atoms with Gasteiger partial charge in [0.25, 0.3) is 0 Å². The predicted octanol–water partition coefficient (Wildman–Crippen LogP) is 1.66. The number of aromatic nitrogens is 3. The molecule has 86 valence electrons. The van der Waals surface area contributed by atoms with Crippen molar-refractivity contribution in [1.82, 2.24) is 14.8 Å². The Kier molecular flexibility index (Phi) is 4.66. The zero-order valence-electron chi connectivity index (χ0n) is 9.32. The quantitative estimate of drug-likeness (QED) is 0.805. The van der Waals surface area contributed by atoms with Crippen molar-refractivity contribution in [2.24, 2.45) is 0 Å². The minimum atomic E-state index is -0.824. The molecule has 0 fully saturated rings. The van der Waals surface area contributed by atoms with Crippen LogP contribution in [0.3, 0.4) is 0 Å². The molecule has 0 aromatic carbocycles. The molecule has 0 bridgehead atoms. The third kappa shape index (κ3) is 3.24. The number of rotatable bonds is 5. The van der Waals surface area contributed by atoms with E-state index in [1.165, 1.54) is 0 Å². The van der Waals surface area contributed by atoms with Gasteiger partial charge in [-0.05, 0) is 25.6 Å². The average Bonchev–Trinajstić information content (AvgIpc) is 2.50. The predicted molar refractivity (Wildman–Crippen MR) is 64.9 cm³/mol. The standard InChI is InChI=1S/C9H17N3OS2/c1-4-5-8-10-11-9(14)12(8)6-7(2)15(3)13/h7H,4-6H2,1-3H3,(H,11,14). The molecule has 15 heavy (non-hydrogen) atoms. The second kappa shape index (κ2) is 5.55. The van der Waals surface area contributed by atoms with Crippen LogP contribution in [-0.2, 0) is 23.8 Å². The van der Waals surface area contributed by atoms with Gasteiger partial charge in [0.05, 0.1) is 0 Å². The lowest BCUT2D eigenvalue weighted by Crippen LogP contribution is -2.19. The highest BCUT2D eigenvalue weighted by atomic mass is 32.2. The maximum atomic E-state index is 11.3. The zero-order chi connectivity index (χ0) is 11.4. The van der Waals surface area contributed by atoms with Crippen molar-refractivity contribution in [2.45, 2.75) is 38.5 Å². The van der Waals surface area contributed by atoms with Crippen molar-refractivity contribution in [1.29, 1.82) is 0 Å². The summed E-state index contributed by atoms with van der Waals surface area (Å²) in [4.78, 5) is 0. The van der Waals surface area contributed by atoms with Gasteiger partial charge < -0.3 is 4.57 Å². The second-order valence-electron chi connectivity index (χ2n) is 3.61. The summed E-state index contributed by atoms with van der Waals surface area (Å²) >= 11 is 5.14. The third-order valence-corrected chi connectivity index (χ3v) is 3.91. The Hall–Kier alpha value is -0.490. The van der Waals surface area contributed by atoms with Crippen molar-refractivity contribution in [3.05, 3.63) is 10.6 Å². The topological polar surface area (TPSA) is 50.7 Å². The molecule has 1 heterocycles. The van der Waals surface area contributed by atoms with E-state index in [9.17, 15) is 4.21 Å². The summed E-state index contributed by atoms with van der Waals surface area (Å²) in [6.07, 6.45) is 3.65. The van der Waals surface area contributed by atoms with Crippen molar-refractivity contribution in [3.8, 4) is 0 Å². The molecule has 2 unspecified atom stereocenters. The molecule has 2 atom stereocenters. The van der Waals surface area contributed by atoms with Crippen LogP contribution in [0.15, 0.2) is 0 Å². The van der Waals surface area contributed by atoms with Crippen LogP contribution in [0.25, 0.3) is 0 Å². The molecular weight excluding hydrogens is 230 g/mol. The van der Waals surface area contributed by atoms with E-state index in [0.29, 0.717) is 11.3 Å². The molecule has 0 aliphatic rings. The van der Waals surface area contributed by atoms with Crippen LogP contribution in [-0.4, -0.2) is 30.5 Å². The van der Waals surface area contributed by atoms with Crippen molar-refractivity contribution in [3.63, 3.8) is 0 Å². The van der Waals surface area contributed by atoms with Crippen LogP contribution in [0.4, 0.5) is 0 Å². The van der Waals surface area contributed by atoms with Crippen LogP contribution in [0.1, 0.15) is 26.1 Å². The van der Waals surface area contributed by atoms with E-state index in [1.807, 2.05) is 11.5 Å². The van der Waals surface area contributed by atoms with Gasteiger partial charge >= 0.3 is 0 Å². The summed E-state index contributed by atoms with van der Waals surface area (Å²) in [6.45, 7) is 4.73. The lowest BCUT2D eigenvalue weighted by atomic mass is 10.3. The fraction of sp³-hybridized carbons (Fsp3) is 0.778. The highest BCUT2D eigenvalue weighted by Crippen LogP contribution is 2.05. The van der Waals surface area contributed by atoms with Gasteiger partial charge in [-0.2, -0.15) is 5.10 Å². The van der Waals surface area contributed by atoms with E-state index >= 15 is 0 Å². The molecule has 1 aromatic rings. The smallest absolute Gasteiger partial charge is 0.195 e. The maximum Gasteiger partial charge on any atom is 0.195 e. The largest absolute Gasteiger partial charge is 0.303 e. The van der Waals surface area contributed by atoms with Gasteiger partial charge in [0.15, 0.2) is 4.77 Å². The van der Waals surface area contributed by atoms with Crippen LogP contribution in [0, 0.1) is 4.77 Å². The number of nitrogens with one attached hydrogen (secondary N) is 1. The van der Waals surface area contributed by atoms with Gasteiger partial charge in [0.2, 0.25) is 0 Å². The second-order valence-corrected chi connectivity index (χ2v) is 5.80. The molecule has 0 aliphatic carbocycles. The Balaban J connectivity index is 2.87. The van der Waals surface area contributed by atoms with Gasteiger partial charge in [-0.1, -0.05) is 6.92 Å². The summed E-state index contributed by atoms with van der Waals surface area (Å²) in [6, 6.07) is 0. The van der Waals surface area contributed by atoms with Gasteiger partial charge in [-0.25, -0.2) is 0 Å². The first kappa shape index (κ1) is 12.6. The molecule has 0 amide bonds. The number of aromatic amines is 1. The normalized spacial score (nSPS) is 15.1. The molecule has 4 nitrogen and oxygen atoms in total. The number of nitrogens with zero attached hydrogens (tertiary/aromatic N) is 2. The Morgan fingerprint density at radius 2 is 2.33 bits per heavy atom. The number of H-pyrrole nitrogens is 1. The molecule has 6 heteroatoms. The van der Waals surface area contributed by atoms with Gasteiger partial charge in [0, 0.05) is 35.3 Å². The number of hydrogen-bond donors (Lipinski definition) is 1. The van der Waals surface area contributed by atoms with E-state index in [0.717, 1.165) is 18.7 Å². The highest BCUT2D eigenvalue weighted by Gasteiger charge is 2.11. The van der Waals surface area contributed by atoms with E-state index < -0.39 is 10.8 Å². The average molecular weight is 247 g/mol. The van der Waals surface area contributed by atoms with E-state index in [2.05, 4.69) is 17.1 Å². The van der Waals surface area contributed by atoms with Crippen LogP contribution in [0.5, 0.6) is 0 Å². The summed E-state index contributed by atoms with van der Waals surface area (Å²) in [5, 5.41) is 7.05. The fourth-order valence-electron chi connectivity index (χ4n) is 1.32. The van der Waals surface area contributed by atoms with Crippen LogP contribution >= 0.6 is 12.2 Å². The first-order chi connectivity index (χ1) is 7.06. The molecular formula is C9H17N3OS2. The fourth-order valence-corrected chi connectivity index (χ4v) is 1.90. The molecule has 0 saturated heterocycles. The van der Waals surface area contributed by atoms with Crippen molar-refractivity contribution < 1.29 is 4.21 Å². The number of aryl methyl sites for hydroxylation is 1. The molecule has 0 radical (unpaired) electrons. The minimum Gasteiger partial charge on any atom is -0.303 e. The molecule has 0 saturated carbocycles. The molecule has 0 aliphatic heterocycles. The lowest BCUT2D eigenvalue weighted by molar-refractivity contribution is 0.613. The van der Waals surface area contributed by atoms with Crippen LogP contribution < -0.4 is 0 Å². The SMILES string of the molecule is CCCc1n[nH]c(=S)n1CC(C)S(C)=O. The van der Waals surface area contributed by atoms with E-state index in [4.69, 9.17) is 12.2 Å². The Morgan fingerprint density at radius 1 is 1.67 bits per heavy atom. The van der Waals surface area contributed by atoms with Gasteiger partial charge in [-0.15, -0.1) is 0 Å². The maximum absolute atomic E-state index is 11.3. The Bertz CT molecular complexity index is 396. The number of hydrogen-bond acceptors (Lipinski definition) is 3. The van der Waals surface area contributed by atoms with Crippen LogP contribution in [0.2, 0.25) is 0 Å². The Morgan fingerprint density at radius 3 is 2.87 bits per heavy atom.